The number of hydrogen-bond donors (Lipinski definition) is 1. The molecule has 112 valence electrons. The maximum atomic E-state index is 6.29. The molecular formula is C16H16BrCl2NO. The van der Waals surface area contributed by atoms with Gasteiger partial charge in [-0.05, 0) is 59.2 Å². The highest BCUT2D eigenvalue weighted by Crippen LogP contribution is 2.33. The van der Waals surface area contributed by atoms with Crippen LogP contribution in [-0.2, 0) is 6.42 Å². The van der Waals surface area contributed by atoms with Gasteiger partial charge in [0, 0.05) is 21.7 Å². The van der Waals surface area contributed by atoms with Crippen molar-refractivity contribution in [1.82, 2.24) is 5.32 Å². The van der Waals surface area contributed by atoms with Crippen molar-refractivity contribution in [2.75, 3.05) is 14.2 Å². The van der Waals surface area contributed by atoms with Crippen LogP contribution in [0, 0.1) is 0 Å². The third kappa shape index (κ3) is 3.92. The van der Waals surface area contributed by atoms with Crippen LogP contribution in [0.4, 0.5) is 0 Å². The average Bonchev–Trinajstić information content (AvgIpc) is 2.46. The fourth-order valence-electron chi connectivity index (χ4n) is 2.26. The van der Waals surface area contributed by atoms with E-state index in [9.17, 15) is 0 Å². The van der Waals surface area contributed by atoms with Crippen molar-refractivity contribution in [3.05, 3.63) is 62.0 Å². The summed E-state index contributed by atoms with van der Waals surface area (Å²) in [6, 6.07) is 11.7. The Balaban J connectivity index is 2.29. The van der Waals surface area contributed by atoms with Crippen molar-refractivity contribution in [1.29, 1.82) is 0 Å². The summed E-state index contributed by atoms with van der Waals surface area (Å²) < 4.78 is 6.18. The van der Waals surface area contributed by atoms with E-state index in [0.717, 1.165) is 27.8 Å². The van der Waals surface area contributed by atoms with Crippen LogP contribution in [0.3, 0.4) is 0 Å². The Morgan fingerprint density at radius 3 is 2.38 bits per heavy atom. The summed E-state index contributed by atoms with van der Waals surface area (Å²) in [5.74, 6) is 0.815. The molecule has 1 N–H and O–H groups in total. The summed E-state index contributed by atoms with van der Waals surface area (Å²) in [7, 11) is 3.56. The molecule has 0 aliphatic heterocycles. The van der Waals surface area contributed by atoms with Crippen LogP contribution in [-0.4, -0.2) is 14.2 Å². The first kappa shape index (κ1) is 16.6. The van der Waals surface area contributed by atoms with Crippen LogP contribution in [0.2, 0.25) is 10.0 Å². The molecule has 5 heteroatoms. The maximum Gasteiger partial charge on any atom is 0.133 e. The Hall–Kier alpha value is -0.740. The first-order valence-corrected chi connectivity index (χ1v) is 8.05. The lowest BCUT2D eigenvalue weighted by Crippen LogP contribution is -2.19. The first-order valence-electron chi connectivity index (χ1n) is 6.50. The molecule has 0 saturated carbocycles. The fourth-order valence-corrected chi connectivity index (χ4v) is 3.51. The van der Waals surface area contributed by atoms with Crippen LogP contribution < -0.4 is 10.1 Å². The zero-order valence-corrected chi connectivity index (χ0v) is 14.9. The number of nitrogens with one attached hydrogen (secondary N) is 1. The number of hydrogen-bond acceptors (Lipinski definition) is 2. The van der Waals surface area contributed by atoms with Crippen molar-refractivity contribution in [2.45, 2.75) is 12.5 Å². The van der Waals surface area contributed by atoms with E-state index in [1.54, 1.807) is 7.11 Å². The number of benzene rings is 2. The van der Waals surface area contributed by atoms with Crippen molar-refractivity contribution in [3.8, 4) is 5.75 Å². The van der Waals surface area contributed by atoms with E-state index in [2.05, 4.69) is 21.2 Å². The molecule has 0 heterocycles. The summed E-state index contributed by atoms with van der Waals surface area (Å²) >= 11 is 16.1. The number of likely N-dealkylation sites (N-methyl/N-ethyl adjacent to an activating group) is 1. The molecule has 0 aliphatic rings. The summed E-state index contributed by atoms with van der Waals surface area (Å²) in [6.07, 6.45) is 0.780. The van der Waals surface area contributed by atoms with Gasteiger partial charge in [0.05, 0.1) is 11.6 Å². The molecule has 21 heavy (non-hydrogen) atoms. The molecule has 0 amide bonds. The first-order chi connectivity index (χ1) is 10.1. The fraction of sp³-hybridized carbons (Fsp3) is 0.250. The monoisotopic (exact) mass is 387 g/mol. The smallest absolute Gasteiger partial charge is 0.133 e. The molecule has 2 aromatic rings. The Morgan fingerprint density at radius 1 is 1.19 bits per heavy atom. The summed E-state index contributed by atoms with van der Waals surface area (Å²) in [5.41, 5.74) is 2.09. The molecule has 0 aromatic heterocycles. The van der Waals surface area contributed by atoms with Gasteiger partial charge in [0.25, 0.3) is 0 Å². The second kappa shape index (κ2) is 7.50. The van der Waals surface area contributed by atoms with Gasteiger partial charge in [0.15, 0.2) is 0 Å². The Kier molecular flexibility index (Phi) is 5.94. The molecule has 1 unspecified atom stereocenters. The van der Waals surface area contributed by atoms with Crippen LogP contribution >= 0.6 is 39.1 Å². The highest BCUT2D eigenvalue weighted by atomic mass is 79.9. The minimum absolute atomic E-state index is 0.0477. The van der Waals surface area contributed by atoms with Gasteiger partial charge in [0.1, 0.15) is 5.75 Å². The summed E-state index contributed by atoms with van der Waals surface area (Å²) in [6.45, 7) is 0. The van der Waals surface area contributed by atoms with Gasteiger partial charge in [-0.1, -0.05) is 35.3 Å². The van der Waals surface area contributed by atoms with E-state index < -0.39 is 0 Å². The highest BCUT2D eigenvalue weighted by Gasteiger charge is 2.17. The molecule has 2 nitrogen and oxygen atoms in total. The number of ether oxygens (including phenoxy) is 1. The van der Waals surface area contributed by atoms with Gasteiger partial charge in [-0.15, -0.1) is 0 Å². The van der Waals surface area contributed by atoms with E-state index >= 15 is 0 Å². The predicted octanol–water partition coefficient (Wildman–Crippen LogP) is 5.27. The molecule has 0 bridgehead atoms. The minimum Gasteiger partial charge on any atom is -0.496 e. The van der Waals surface area contributed by atoms with Crippen molar-refractivity contribution < 1.29 is 4.74 Å². The molecular weight excluding hydrogens is 373 g/mol. The second-order valence-electron chi connectivity index (χ2n) is 4.65. The zero-order valence-electron chi connectivity index (χ0n) is 11.8. The van der Waals surface area contributed by atoms with E-state index in [4.69, 9.17) is 27.9 Å². The van der Waals surface area contributed by atoms with E-state index in [-0.39, 0.29) is 6.04 Å². The number of methoxy groups -OCH3 is 1. The third-order valence-electron chi connectivity index (χ3n) is 3.35. The largest absolute Gasteiger partial charge is 0.496 e. The summed E-state index contributed by atoms with van der Waals surface area (Å²) in [4.78, 5) is 0. The van der Waals surface area contributed by atoms with Gasteiger partial charge >= 0.3 is 0 Å². The van der Waals surface area contributed by atoms with Gasteiger partial charge in [-0.25, -0.2) is 0 Å². The molecule has 2 aromatic carbocycles. The second-order valence-corrected chi connectivity index (χ2v) is 6.32. The quantitative estimate of drug-likeness (QED) is 0.753. The minimum atomic E-state index is 0.0477. The van der Waals surface area contributed by atoms with Gasteiger partial charge < -0.3 is 10.1 Å². The highest BCUT2D eigenvalue weighted by molar-refractivity contribution is 9.10. The van der Waals surface area contributed by atoms with Crippen LogP contribution in [0.1, 0.15) is 17.2 Å². The molecule has 0 saturated heterocycles. The van der Waals surface area contributed by atoms with Crippen LogP contribution in [0.5, 0.6) is 5.75 Å². The SMILES string of the molecule is CNC(Cc1ccc(OC)c(Br)c1)c1c(Cl)cccc1Cl. The third-order valence-corrected chi connectivity index (χ3v) is 4.63. The summed E-state index contributed by atoms with van der Waals surface area (Å²) in [5, 5.41) is 4.63. The van der Waals surface area contributed by atoms with Crippen molar-refractivity contribution in [2.24, 2.45) is 0 Å². The van der Waals surface area contributed by atoms with Crippen molar-refractivity contribution >= 4 is 39.1 Å². The maximum absolute atomic E-state index is 6.29. The Morgan fingerprint density at radius 2 is 1.86 bits per heavy atom. The van der Waals surface area contributed by atoms with Gasteiger partial charge in [0.2, 0.25) is 0 Å². The van der Waals surface area contributed by atoms with E-state index in [0.29, 0.717) is 10.0 Å². The molecule has 0 fully saturated rings. The number of halogens is 3. The Labute approximate surface area is 143 Å². The predicted molar refractivity (Wildman–Crippen MR) is 92.7 cm³/mol. The van der Waals surface area contributed by atoms with Gasteiger partial charge in [-0.2, -0.15) is 0 Å². The normalized spacial score (nSPS) is 12.2. The lowest BCUT2D eigenvalue weighted by atomic mass is 9.99. The Bertz CT molecular complexity index is 613. The zero-order chi connectivity index (χ0) is 15.4. The molecule has 0 spiro atoms. The van der Waals surface area contributed by atoms with Crippen molar-refractivity contribution in [3.63, 3.8) is 0 Å². The molecule has 2 rings (SSSR count). The van der Waals surface area contributed by atoms with E-state index in [1.807, 2.05) is 43.4 Å². The van der Waals surface area contributed by atoms with Gasteiger partial charge in [-0.3, -0.25) is 0 Å². The molecule has 1 atom stereocenters. The van der Waals surface area contributed by atoms with E-state index in [1.165, 1.54) is 0 Å². The molecule has 0 aliphatic carbocycles. The topological polar surface area (TPSA) is 21.3 Å². The molecule has 0 radical (unpaired) electrons. The number of rotatable bonds is 5. The van der Waals surface area contributed by atoms with Crippen LogP contribution in [0.25, 0.3) is 0 Å². The average molecular weight is 389 g/mol. The lowest BCUT2D eigenvalue weighted by molar-refractivity contribution is 0.412. The standard InChI is InChI=1S/C16H16BrCl2NO/c1-20-14(16-12(18)4-3-5-13(16)19)9-10-6-7-15(21-2)11(17)8-10/h3-8,14,20H,9H2,1-2H3. The van der Waals surface area contributed by atoms with Crippen LogP contribution in [0.15, 0.2) is 40.9 Å². The lowest BCUT2D eigenvalue weighted by Gasteiger charge is -2.20.